The second-order valence-corrected chi connectivity index (χ2v) is 6.44. The van der Waals surface area contributed by atoms with Gasteiger partial charge in [-0.25, -0.2) is 0 Å². The van der Waals surface area contributed by atoms with Crippen LogP contribution in [0.15, 0.2) is 30.3 Å². The summed E-state index contributed by atoms with van der Waals surface area (Å²) in [7, 11) is 1.94. The third kappa shape index (κ3) is 4.90. The number of aromatic nitrogens is 2. The lowest BCUT2D eigenvalue weighted by Crippen LogP contribution is -2.35. The minimum atomic E-state index is 0.114. The molecule has 1 aromatic heterocycles. The summed E-state index contributed by atoms with van der Waals surface area (Å²) >= 11 is 0. The molecule has 0 fully saturated rings. The van der Waals surface area contributed by atoms with Crippen LogP contribution < -0.4 is 10.1 Å². The normalized spacial score (nSPS) is 11.7. The van der Waals surface area contributed by atoms with Crippen molar-refractivity contribution in [3.05, 3.63) is 47.3 Å². The predicted octanol–water partition coefficient (Wildman–Crippen LogP) is 3.20. The average molecular weight is 287 g/mol. The quantitative estimate of drug-likeness (QED) is 0.918. The zero-order chi connectivity index (χ0) is 15.5. The maximum absolute atomic E-state index is 5.87. The summed E-state index contributed by atoms with van der Waals surface area (Å²) in [5, 5.41) is 7.81. The molecule has 0 saturated heterocycles. The van der Waals surface area contributed by atoms with Gasteiger partial charge in [-0.1, -0.05) is 12.1 Å². The maximum atomic E-state index is 5.87. The van der Waals surface area contributed by atoms with Gasteiger partial charge in [-0.15, -0.1) is 0 Å². The molecule has 0 aliphatic carbocycles. The first-order valence-corrected chi connectivity index (χ1v) is 7.30. The van der Waals surface area contributed by atoms with E-state index in [4.69, 9.17) is 4.74 Å². The van der Waals surface area contributed by atoms with Crippen molar-refractivity contribution in [3.8, 4) is 5.75 Å². The number of ether oxygens (including phenoxy) is 1. The Kier molecular flexibility index (Phi) is 4.68. The number of aryl methyl sites for hydroxylation is 2. The minimum absolute atomic E-state index is 0.114. The molecule has 0 radical (unpaired) electrons. The highest BCUT2D eigenvalue weighted by atomic mass is 16.5. The summed E-state index contributed by atoms with van der Waals surface area (Å²) in [6, 6.07) is 10.3. The van der Waals surface area contributed by atoms with Gasteiger partial charge in [0.2, 0.25) is 0 Å². The fourth-order valence-electron chi connectivity index (χ4n) is 2.07. The summed E-state index contributed by atoms with van der Waals surface area (Å²) in [6.45, 7) is 9.86. The predicted molar refractivity (Wildman–Crippen MR) is 85.3 cm³/mol. The lowest BCUT2D eigenvalue weighted by molar-refractivity contribution is 0.294. The molecule has 0 spiro atoms. The second kappa shape index (κ2) is 6.31. The molecule has 0 saturated carbocycles. The van der Waals surface area contributed by atoms with Crippen LogP contribution in [-0.4, -0.2) is 15.3 Å². The fourth-order valence-corrected chi connectivity index (χ4v) is 2.07. The van der Waals surface area contributed by atoms with Gasteiger partial charge < -0.3 is 10.1 Å². The average Bonchev–Trinajstić information content (AvgIpc) is 2.72. The van der Waals surface area contributed by atoms with E-state index in [2.05, 4.69) is 43.3 Å². The summed E-state index contributed by atoms with van der Waals surface area (Å²) in [5.74, 6) is 0.891. The van der Waals surface area contributed by atoms with Crippen molar-refractivity contribution in [1.29, 1.82) is 0 Å². The molecule has 2 rings (SSSR count). The van der Waals surface area contributed by atoms with Crippen LogP contribution in [0.3, 0.4) is 0 Å². The monoisotopic (exact) mass is 287 g/mol. The Balaban J connectivity index is 1.96. The highest BCUT2D eigenvalue weighted by molar-refractivity contribution is 5.28. The topological polar surface area (TPSA) is 39.1 Å². The van der Waals surface area contributed by atoms with Gasteiger partial charge in [-0.2, -0.15) is 5.10 Å². The van der Waals surface area contributed by atoms with Crippen LogP contribution in [0.25, 0.3) is 0 Å². The molecule has 0 unspecified atom stereocenters. The first kappa shape index (κ1) is 15.6. The highest BCUT2D eigenvalue weighted by Gasteiger charge is 2.09. The van der Waals surface area contributed by atoms with Gasteiger partial charge >= 0.3 is 0 Å². The van der Waals surface area contributed by atoms with Crippen molar-refractivity contribution in [1.82, 2.24) is 15.1 Å². The van der Waals surface area contributed by atoms with Crippen molar-refractivity contribution in [3.63, 3.8) is 0 Å². The highest BCUT2D eigenvalue weighted by Crippen LogP contribution is 2.16. The standard InChI is InChI=1S/C17H25N3O/c1-13-9-15(20(5)19-13)12-21-16-8-6-7-14(10-16)11-18-17(2,3)4/h6-10,18H,11-12H2,1-5H3. The molecule has 0 atom stereocenters. The summed E-state index contributed by atoms with van der Waals surface area (Å²) < 4.78 is 7.73. The zero-order valence-electron chi connectivity index (χ0n) is 13.6. The van der Waals surface area contributed by atoms with Gasteiger partial charge in [0.1, 0.15) is 12.4 Å². The number of nitrogens with zero attached hydrogens (tertiary/aromatic N) is 2. The lowest BCUT2D eigenvalue weighted by atomic mass is 10.1. The molecular weight excluding hydrogens is 262 g/mol. The van der Waals surface area contributed by atoms with Gasteiger partial charge in [0.15, 0.2) is 0 Å². The van der Waals surface area contributed by atoms with Crippen molar-refractivity contribution in [2.45, 2.75) is 46.4 Å². The van der Waals surface area contributed by atoms with Crippen LogP contribution in [-0.2, 0) is 20.2 Å². The summed E-state index contributed by atoms with van der Waals surface area (Å²) in [5.41, 5.74) is 3.43. The van der Waals surface area contributed by atoms with Gasteiger partial charge in [0.05, 0.1) is 11.4 Å². The molecular formula is C17H25N3O. The first-order valence-electron chi connectivity index (χ1n) is 7.30. The Morgan fingerprint density at radius 2 is 2.00 bits per heavy atom. The molecule has 21 heavy (non-hydrogen) atoms. The number of benzene rings is 1. The van der Waals surface area contributed by atoms with E-state index in [9.17, 15) is 0 Å². The van der Waals surface area contributed by atoms with Crippen molar-refractivity contribution >= 4 is 0 Å². The van der Waals surface area contributed by atoms with Gasteiger partial charge in [-0.05, 0) is 51.5 Å². The Hall–Kier alpha value is -1.81. The minimum Gasteiger partial charge on any atom is -0.487 e. The Labute approximate surface area is 127 Å². The van der Waals surface area contributed by atoms with Crippen LogP contribution in [0.1, 0.15) is 37.7 Å². The van der Waals surface area contributed by atoms with E-state index in [-0.39, 0.29) is 5.54 Å². The van der Waals surface area contributed by atoms with Crippen molar-refractivity contribution < 1.29 is 4.74 Å². The molecule has 1 heterocycles. The number of rotatable bonds is 5. The molecule has 114 valence electrons. The van der Waals surface area contributed by atoms with Crippen LogP contribution in [0.2, 0.25) is 0 Å². The third-order valence-corrected chi connectivity index (χ3v) is 3.21. The van der Waals surface area contributed by atoms with E-state index in [0.717, 1.165) is 23.7 Å². The Bertz CT molecular complexity index is 596. The molecule has 4 nitrogen and oxygen atoms in total. The third-order valence-electron chi connectivity index (χ3n) is 3.21. The van der Waals surface area contributed by atoms with E-state index in [1.165, 1.54) is 5.56 Å². The molecule has 0 aliphatic rings. The molecule has 0 amide bonds. The van der Waals surface area contributed by atoms with E-state index in [1.807, 2.05) is 36.9 Å². The van der Waals surface area contributed by atoms with Crippen LogP contribution >= 0.6 is 0 Å². The molecule has 1 aromatic carbocycles. The molecule has 4 heteroatoms. The SMILES string of the molecule is Cc1cc(COc2cccc(CNC(C)(C)C)c2)n(C)n1. The second-order valence-electron chi connectivity index (χ2n) is 6.44. The van der Waals surface area contributed by atoms with E-state index < -0.39 is 0 Å². The van der Waals surface area contributed by atoms with Crippen LogP contribution in [0.4, 0.5) is 0 Å². The van der Waals surface area contributed by atoms with Crippen molar-refractivity contribution in [2.24, 2.45) is 7.05 Å². The molecule has 2 aromatic rings. The summed E-state index contributed by atoms with van der Waals surface area (Å²) in [4.78, 5) is 0. The number of nitrogens with one attached hydrogen (secondary N) is 1. The fraction of sp³-hybridized carbons (Fsp3) is 0.471. The van der Waals surface area contributed by atoms with Gasteiger partial charge in [-0.3, -0.25) is 4.68 Å². The number of hydrogen-bond acceptors (Lipinski definition) is 3. The first-order chi connectivity index (χ1) is 9.83. The molecule has 1 N–H and O–H groups in total. The molecule has 0 bridgehead atoms. The molecule has 0 aliphatic heterocycles. The smallest absolute Gasteiger partial charge is 0.130 e. The van der Waals surface area contributed by atoms with Crippen LogP contribution in [0.5, 0.6) is 5.75 Å². The lowest BCUT2D eigenvalue weighted by Gasteiger charge is -2.20. The van der Waals surface area contributed by atoms with Gasteiger partial charge in [0, 0.05) is 19.1 Å². The number of hydrogen-bond donors (Lipinski definition) is 1. The van der Waals surface area contributed by atoms with Gasteiger partial charge in [0.25, 0.3) is 0 Å². The summed E-state index contributed by atoms with van der Waals surface area (Å²) in [6.07, 6.45) is 0. The van der Waals surface area contributed by atoms with Crippen molar-refractivity contribution in [2.75, 3.05) is 0 Å². The van der Waals surface area contributed by atoms with E-state index in [0.29, 0.717) is 6.61 Å². The Morgan fingerprint density at radius 3 is 2.62 bits per heavy atom. The Morgan fingerprint density at radius 1 is 1.24 bits per heavy atom. The van der Waals surface area contributed by atoms with Crippen LogP contribution in [0, 0.1) is 6.92 Å². The van der Waals surface area contributed by atoms with E-state index >= 15 is 0 Å². The largest absolute Gasteiger partial charge is 0.487 e. The maximum Gasteiger partial charge on any atom is 0.130 e. The van der Waals surface area contributed by atoms with E-state index in [1.54, 1.807) is 0 Å². The zero-order valence-corrected chi connectivity index (χ0v) is 13.6.